The summed E-state index contributed by atoms with van der Waals surface area (Å²) in [7, 11) is 1.85. The lowest BCUT2D eigenvalue weighted by atomic mass is 9.87. The summed E-state index contributed by atoms with van der Waals surface area (Å²) in [5.74, 6) is 0.0833. The Kier molecular flexibility index (Phi) is 8.08. The summed E-state index contributed by atoms with van der Waals surface area (Å²) in [4.78, 5) is 19.2. The van der Waals surface area contributed by atoms with E-state index in [1.165, 1.54) is 5.70 Å². The van der Waals surface area contributed by atoms with Crippen LogP contribution in [-0.4, -0.2) is 57.9 Å². The highest BCUT2D eigenvalue weighted by molar-refractivity contribution is 6.01. The van der Waals surface area contributed by atoms with Gasteiger partial charge < -0.3 is 15.0 Å². The maximum atomic E-state index is 12.5. The number of hydrogen-bond donors (Lipinski definition) is 1. The first-order valence-corrected chi connectivity index (χ1v) is 13.8. The molecule has 1 aromatic carbocycles. The van der Waals surface area contributed by atoms with Crippen molar-refractivity contribution < 1.29 is 9.53 Å². The molecule has 2 aromatic heterocycles. The molecule has 1 amide bonds. The predicted octanol–water partition coefficient (Wildman–Crippen LogP) is 4.97. The molecule has 3 aromatic rings. The second-order valence-corrected chi connectivity index (χ2v) is 10.3. The number of carbonyl (C=O) groups is 1. The van der Waals surface area contributed by atoms with Crippen LogP contribution in [0.3, 0.4) is 0 Å². The lowest BCUT2D eigenvalue weighted by Crippen LogP contribution is -2.41. The van der Waals surface area contributed by atoms with Gasteiger partial charge in [-0.05, 0) is 36.0 Å². The Bertz CT molecular complexity index is 1470. The molecule has 0 saturated carbocycles. The lowest BCUT2D eigenvalue weighted by Gasteiger charge is -2.35. The Morgan fingerprint density at radius 1 is 1.26 bits per heavy atom. The molecule has 202 valence electrons. The highest BCUT2D eigenvalue weighted by Gasteiger charge is 2.27. The summed E-state index contributed by atoms with van der Waals surface area (Å²) in [6.07, 6.45) is 12.4. The number of aryl methyl sites for hydroxylation is 1. The van der Waals surface area contributed by atoms with E-state index in [1.54, 1.807) is 17.8 Å². The maximum Gasteiger partial charge on any atom is 0.219 e. The molecule has 2 aliphatic heterocycles. The molecule has 0 unspecified atom stereocenters. The number of nitrogens with zero attached hydrogens (tertiary/aromatic N) is 5. The average molecular weight is 525 g/mol. The van der Waals surface area contributed by atoms with Crippen LogP contribution in [0.5, 0.6) is 0 Å². The van der Waals surface area contributed by atoms with Crippen molar-refractivity contribution in [2.75, 3.05) is 26.3 Å². The van der Waals surface area contributed by atoms with Crippen LogP contribution in [0.2, 0.25) is 0 Å². The minimum atomic E-state index is 0.0833. The van der Waals surface area contributed by atoms with Crippen molar-refractivity contribution in [1.82, 2.24) is 25.0 Å². The van der Waals surface area contributed by atoms with Crippen molar-refractivity contribution in [3.63, 3.8) is 0 Å². The van der Waals surface area contributed by atoms with Crippen LogP contribution in [0.25, 0.3) is 27.6 Å². The predicted molar refractivity (Wildman–Crippen MR) is 152 cm³/mol. The highest BCUT2D eigenvalue weighted by atomic mass is 16.5. The van der Waals surface area contributed by atoms with Gasteiger partial charge in [-0.3, -0.25) is 14.5 Å². The van der Waals surface area contributed by atoms with Gasteiger partial charge in [-0.15, -0.1) is 0 Å². The van der Waals surface area contributed by atoms with Crippen molar-refractivity contribution >= 4 is 22.3 Å². The van der Waals surface area contributed by atoms with Crippen LogP contribution in [0.1, 0.15) is 57.1 Å². The summed E-state index contributed by atoms with van der Waals surface area (Å²) < 4.78 is 7.30. The van der Waals surface area contributed by atoms with Crippen molar-refractivity contribution in [3.05, 3.63) is 65.3 Å². The minimum absolute atomic E-state index is 0.0833. The minimum Gasteiger partial charge on any atom is -0.385 e. The Hall–Kier alpha value is -3.96. The zero-order valence-electron chi connectivity index (χ0n) is 23.0. The summed E-state index contributed by atoms with van der Waals surface area (Å²) >= 11 is 0. The molecule has 0 bridgehead atoms. The number of pyridine rings is 1. The molecule has 0 spiro atoms. The molecular weight excluding hydrogens is 488 g/mol. The first kappa shape index (κ1) is 26.6. The number of benzene rings is 1. The van der Waals surface area contributed by atoms with E-state index >= 15 is 0 Å². The Balaban J connectivity index is 1.66. The molecule has 8 heteroatoms. The number of hydrogen-bond acceptors (Lipinski definition) is 6. The number of nitriles is 1. The summed E-state index contributed by atoms with van der Waals surface area (Å²) in [6.45, 7) is 6.61. The summed E-state index contributed by atoms with van der Waals surface area (Å²) in [5.41, 5.74) is 6.50. The van der Waals surface area contributed by atoms with Crippen LogP contribution in [0.4, 0.5) is 0 Å². The first-order chi connectivity index (χ1) is 19.0. The number of allylic oxidation sites excluding steroid dienone is 1. The van der Waals surface area contributed by atoms with E-state index in [2.05, 4.69) is 35.6 Å². The van der Waals surface area contributed by atoms with Gasteiger partial charge in [0, 0.05) is 87.2 Å². The standard InChI is InChI=1S/C31H36N6O2/c1-4-5-7-25(29-20-37(21(2)38)13-10-30(29)35-23-11-14-39-15-12-23)24-8-6-9-26-27(16-32)31(33-18-28(24)26)22-17-34-36(3)19-22/h6-9,17-19,23,35H,4-5,10-15,20H2,1-3H3/b25-7-. The molecule has 1 saturated heterocycles. The van der Waals surface area contributed by atoms with Crippen LogP contribution in [-0.2, 0) is 16.6 Å². The van der Waals surface area contributed by atoms with Gasteiger partial charge in [-0.25, -0.2) is 0 Å². The molecular formula is C31H36N6O2. The van der Waals surface area contributed by atoms with E-state index in [1.807, 2.05) is 36.5 Å². The molecule has 1 fully saturated rings. The van der Waals surface area contributed by atoms with E-state index in [0.717, 1.165) is 78.4 Å². The Morgan fingerprint density at radius 3 is 2.77 bits per heavy atom. The third kappa shape index (κ3) is 5.59. The number of carbonyl (C=O) groups excluding carboxylic acids is 1. The fraction of sp³-hybridized carbons (Fsp3) is 0.419. The van der Waals surface area contributed by atoms with Crippen molar-refractivity contribution in [3.8, 4) is 17.3 Å². The normalized spacial score (nSPS) is 17.0. The smallest absolute Gasteiger partial charge is 0.219 e. The number of amides is 1. The SMILES string of the molecule is CCC/C=C(\C1=C(NC2CCOCC2)CCN(C(C)=O)C1)c1cccc2c(C#N)c(-c3cnn(C)c3)ncc12. The molecule has 8 nitrogen and oxygen atoms in total. The van der Waals surface area contributed by atoms with E-state index in [9.17, 15) is 10.1 Å². The lowest BCUT2D eigenvalue weighted by molar-refractivity contribution is -0.128. The number of fused-ring (bicyclic) bond motifs is 1. The van der Waals surface area contributed by atoms with Gasteiger partial charge in [0.15, 0.2) is 0 Å². The first-order valence-electron chi connectivity index (χ1n) is 13.8. The van der Waals surface area contributed by atoms with Crippen LogP contribution < -0.4 is 5.32 Å². The topological polar surface area (TPSA) is 96.1 Å². The van der Waals surface area contributed by atoms with Gasteiger partial charge in [-0.1, -0.05) is 37.6 Å². The largest absolute Gasteiger partial charge is 0.385 e. The van der Waals surface area contributed by atoms with Crippen molar-refractivity contribution in [2.45, 2.75) is 52.0 Å². The third-order valence-corrected chi connectivity index (χ3v) is 7.67. The molecule has 2 aliphatic rings. The molecule has 39 heavy (non-hydrogen) atoms. The number of rotatable bonds is 7. The van der Waals surface area contributed by atoms with Gasteiger partial charge in [0.1, 0.15) is 6.07 Å². The van der Waals surface area contributed by atoms with E-state index in [4.69, 9.17) is 9.72 Å². The van der Waals surface area contributed by atoms with Crippen molar-refractivity contribution in [2.24, 2.45) is 7.05 Å². The van der Waals surface area contributed by atoms with Gasteiger partial charge >= 0.3 is 0 Å². The Labute approximate surface area is 230 Å². The molecule has 0 aliphatic carbocycles. The molecule has 4 heterocycles. The van der Waals surface area contributed by atoms with Crippen LogP contribution >= 0.6 is 0 Å². The number of unbranched alkanes of at least 4 members (excludes halogenated alkanes) is 1. The number of aromatic nitrogens is 3. The van der Waals surface area contributed by atoms with Gasteiger partial charge in [0.25, 0.3) is 0 Å². The molecule has 0 radical (unpaired) electrons. The maximum absolute atomic E-state index is 12.5. The fourth-order valence-electron chi connectivity index (χ4n) is 5.57. The second-order valence-electron chi connectivity index (χ2n) is 10.3. The van der Waals surface area contributed by atoms with Gasteiger partial charge in [-0.2, -0.15) is 10.4 Å². The van der Waals surface area contributed by atoms with Crippen LogP contribution in [0, 0.1) is 11.3 Å². The molecule has 1 N–H and O–H groups in total. The van der Waals surface area contributed by atoms with Crippen LogP contribution in [0.15, 0.2) is 54.1 Å². The summed E-state index contributed by atoms with van der Waals surface area (Å²) in [5, 5.41) is 20.1. The monoisotopic (exact) mass is 524 g/mol. The van der Waals surface area contributed by atoms with Gasteiger partial charge in [0.2, 0.25) is 5.91 Å². The molecule has 5 rings (SSSR count). The molecule has 0 atom stereocenters. The van der Waals surface area contributed by atoms with Gasteiger partial charge in [0.05, 0.1) is 17.5 Å². The number of ether oxygens (including phenoxy) is 1. The summed E-state index contributed by atoms with van der Waals surface area (Å²) in [6, 6.07) is 8.90. The van der Waals surface area contributed by atoms with E-state index in [0.29, 0.717) is 30.4 Å². The fourth-order valence-corrected chi connectivity index (χ4v) is 5.57. The van der Waals surface area contributed by atoms with Crippen molar-refractivity contribution in [1.29, 1.82) is 5.26 Å². The Morgan fingerprint density at radius 2 is 2.08 bits per heavy atom. The van der Waals surface area contributed by atoms with E-state index in [-0.39, 0.29) is 5.91 Å². The quantitative estimate of drug-likeness (QED) is 0.469. The van der Waals surface area contributed by atoms with E-state index < -0.39 is 0 Å². The zero-order chi connectivity index (χ0) is 27.4. The zero-order valence-corrected chi connectivity index (χ0v) is 23.0. The average Bonchev–Trinajstić information content (AvgIpc) is 3.39. The second kappa shape index (κ2) is 11.8. The highest BCUT2D eigenvalue weighted by Crippen LogP contribution is 2.37. The number of nitrogens with one attached hydrogen (secondary N) is 1. The third-order valence-electron chi connectivity index (χ3n) is 7.67.